The summed E-state index contributed by atoms with van der Waals surface area (Å²) < 4.78 is 2.14. The van der Waals surface area contributed by atoms with E-state index in [9.17, 15) is 0 Å². The number of benzene rings is 2. The van der Waals surface area contributed by atoms with Crippen LogP contribution in [0.3, 0.4) is 0 Å². The Morgan fingerprint density at radius 3 is 2.59 bits per heavy atom. The molecule has 136 valence electrons. The predicted molar refractivity (Wildman–Crippen MR) is 113 cm³/mol. The first-order valence-corrected chi connectivity index (χ1v) is 10.8. The van der Waals surface area contributed by atoms with Crippen LogP contribution in [-0.2, 0) is 12.3 Å². The molecule has 0 unspecified atom stereocenters. The van der Waals surface area contributed by atoms with Gasteiger partial charge in [-0.3, -0.25) is 0 Å². The van der Waals surface area contributed by atoms with Gasteiger partial charge in [0.1, 0.15) is 5.01 Å². The van der Waals surface area contributed by atoms with Gasteiger partial charge in [0.25, 0.3) is 0 Å². The number of rotatable bonds is 6. The molecule has 0 aliphatic rings. The van der Waals surface area contributed by atoms with Gasteiger partial charge in [0, 0.05) is 28.8 Å². The lowest BCUT2D eigenvalue weighted by Gasteiger charge is -2.06. The van der Waals surface area contributed by atoms with E-state index in [1.54, 1.807) is 23.1 Å². The molecule has 2 aromatic carbocycles. The van der Waals surface area contributed by atoms with Crippen molar-refractivity contribution in [3.05, 3.63) is 70.7 Å². The summed E-state index contributed by atoms with van der Waals surface area (Å²) in [6.07, 6.45) is 0. The summed E-state index contributed by atoms with van der Waals surface area (Å²) in [7, 11) is 0. The van der Waals surface area contributed by atoms with Crippen molar-refractivity contribution in [1.82, 2.24) is 19.7 Å². The second-order valence-electron chi connectivity index (χ2n) is 5.83. The molecule has 0 aliphatic heterocycles. The number of thiazole rings is 1. The number of hydrogen-bond acceptors (Lipinski definition) is 5. The van der Waals surface area contributed by atoms with Gasteiger partial charge in [0.2, 0.25) is 0 Å². The van der Waals surface area contributed by atoms with Gasteiger partial charge in [0.05, 0.1) is 10.7 Å². The summed E-state index contributed by atoms with van der Waals surface area (Å²) >= 11 is 9.55. The molecule has 0 fully saturated rings. The molecule has 0 bridgehead atoms. The van der Waals surface area contributed by atoms with Crippen LogP contribution in [0.25, 0.3) is 22.0 Å². The van der Waals surface area contributed by atoms with E-state index < -0.39 is 0 Å². The third-order valence-electron chi connectivity index (χ3n) is 4.07. The molecule has 0 spiro atoms. The van der Waals surface area contributed by atoms with E-state index >= 15 is 0 Å². The number of aromatic nitrogens is 4. The summed E-state index contributed by atoms with van der Waals surface area (Å²) in [4.78, 5) is 4.73. The van der Waals surface area contributed by atoms with Crippen molar-refractivity contribution in [1.29, 1.82) is 0 Å². The minimum Gasteiger partial charge on any atom is -0.302 e. The molecule has 2 aromatic heterocycles. The fourth-order valence-corrected chi connectivity index (χ4v) is 4.89. The van der Waals surface area contributed by atoms with Crippen molar-refractivity contribution < 1.29 is 0 Å². The van der Waals surface area contributed by atoms with Gasteiger partial charge >= 0.3 is 0 Å². The van der Waals surface area contributed by atoms with Crippen LogP contribution in [0.4, 0.5) is 0 Å². The molecule has 0 atom stereocenters. The smallest absolute Gasteiger partial charge is 0.191 e. The number of hydrogen-bond donors (Lipinski definition) is 0. The largest absolute Gasteiger partial charge is 0.302 e. The maximum Gasteiger partial charge on any atom is 0.191 e. The standard InChI is InChI=1S/C20H17ClN4S2/c1-2-25-18(14-8-4-3-5-9-14)23-24-20(25)27-13-15-12-26-19(22-15)16-10-6-7-11-17(16)21/h3-12H,2,13H2,1H3. The first-order valence-electron chi connectivity index (χ1n) is 8.57. The first kappa shape index (κ1) is 18.2. The monoisotopic (exact) mass is 412 g/mol. The molecule has 0 N–H and O–H groups in total. The third kappa shape index (κ3) is 3.93. The van der Waals surface area contributed by atoms with Crippen LogP contribution in [0.15, 0.2) is 65.1 Å². The molecule has 0 saturated carbocycles. The Balaban J connectivity index is 1.52. The number of halogens is 1. The highest BCUT2D eigenvalue weighted by molar-refractivity contribution is 7.98. The minimum absolute atomic E-state index is 0.726. The maximum absolute atomic E-state index is 6.28. The van der Waals surface area contributed by atoms with E-state index in [1.165, 1.54) is 0 Å². The van der Waals surface area contributed by atoms with Crippen LogP contribution in [0.1, 0.15) is 12.6 Å². The van der Waals surface area contributed by atoms with E-state index in [1.807, 2.05) is 42.5 Å². The van der Waals surface area contributed by atoms with Gasteiger partial charge in [-0.15, -0.1) is 21.5 Å². The van der Waals surface area contributed by atoms with Gasteiger partial charge < -0.3 is 4.57 Å². The van der Waals surface area contributed by atoms with Crippen LogP contribution >= 0.6 is 34.7 Å². The molecule has 2 heterocycles. The average molecular weight is 413 g/mol. The molecule has 7 heteroatoms. The Bertz CT molecular complexity index is 1040. The zero-order valence-electron chi connectivity index (χ0n) is 14.7. The summed E-state index contributed by atoms with van der Waals surface area (Å²) in [5.74, 6) is 1.64. The molecule has 4 rings (SSSR count). The van der Waals surface area contributed by atoms with Gasteiger partial charge in [-0.2, -0.15) is 0 Å². The molecular weight excluding hydrogens is 396 g/mol. The lowest BCUT2D eigenvalue weighted by molar-refractivity contribution is 0.687. The molecule has 0 aliphatic carbocycles. The molecular formula is C20H17ClN4S2. The van der Waals surface area contributed by atoms with Crippen LogP contribution in [-0.4, -0.2) is 19.7 Å². The Morgan fingerprint density at radius 2 is 1.81 bits per heavy atom. The lowest BCUT2D eigenvalue weighted by atomic mass is 10.2. The van der Waals surface area contributed by atoms with Crippen LogP contribution in [0.2, 0.25) is 5.02 Å². The zero-order chi connectivity index (χ0) is 18.6. The highest BCUT2D eigenvalue weighted by Crippen LogP contribution is 2.32. The second-order valence-corrected chi connectivity index (χ2v) is 8.04. The normalized spacial score (nSPS) is 11.0. The Morgan fingerprint density at radius 1 is 1.04 bits per heavy atom. The fourth-order valence-electron chi connectivity index (χ4n) is 2.75. The quantitative estimate of drug-likeness (QED) is 0.362. The van der Waals surface area contributed by atoms with Crippen molar-refractivity contribution in [2.24, 2.45) is 0 Å². The van der Waals surface area contributed by atoms with E-state index in [-0.39, 0.29) is 0 Å². The highest BCUT2D eigenvalue weighted by Gasteiger charge is 2.14. The summed E-state index contributed by atoms with van der Waals surface area (Å²) in [5.41, 5.74) is 3.07. The molecule has 4 nitrogen and oxygen atoms in total. The van der Waals surface area contributed by atoms with Gasteiger partial charge in [0.15, 0.2) is 11.0 Å². The maximum atomic E-state index is 6.28. The molecule has 0 radical (unpaired) electrons. The van der Waals surface area contributed by atoms with Gasteiger partial charge in [-0.1, -0.05) is 71.9 Å². The van der Waals surface area contributed by atoms with Crippen molar-refractivity contribution in [3.8, 4) is 22.0 Å². The lowest BCUT2D eigenvalue weighted by Crippen LogP contribution is -1.99. The van der Waals surface area contributed by atoms with E-state index in [0.717, 1.165) is 50.1 Å². The van der Waals surface area contributed by atoms with Crippen LogP contribution in [0, 0.1) is 0 Å². The summed E-state index contributed by atoms with van der Waals surface area (Å²) in [6.45, 7) is 2.93. The Hall–Kier alpha value is -2.15. The van der Waals surface area contributed by atoms with E-state index in [4.69, 9.17) is 16.6 Å². The van der Waals surface area contributed by atoms with E-state index in [0.29, 0.717) is 0 Å². The third-order valence-corrected chi connectivity index (χ3v) is 6.32. The van der Waals surface area contributed by atoms with Crippen molar-refractivity contribution in [2.75, 3.05) is 0 Å². The first-order chi connectivity index (χ1) is 13.3. The SMILES string of the molecule is CCn1c(SCc2csc(-c3ccccc3Cl)n2)nnc1-c1ccccc1. The van der Waals surface area contributed by atoms with Crippen molar-refractivity contribution in [2.45, 2.75) is 24.4 Å². The van der Waals surface area contributed by atoms with Crippen LogP contribution < -0.4 is 0 Å². The van der Waals surface area contributed by atoms with Crippen molar-refractivity contribution >= 4 is 34.7 Å². The van der Waals surface area contributed by atoms with Crippen LogP contribution in [0.5, 0.6) is 0 Å². The average Bonchev–Trinajstić information content (AvgIpc) is 3.34. The van der Waals surface area contributed by atoms with Crippen molar-refractivity contribution in [3.63, 3.8) is 0 Å². The molecule has 0 saturated heterocycles. The fraction of sp³-hybridized carbons (Fsp3) is 0.150. The van der Waals surface area contributed by atoms with Gasteiger partial charge in [-0.05, 0) is 13.0 Å². The molecule has 4 aromatic rings. The molecule has 0 amide bonds. The summed E-state index contributed by atoms with van der Waals surface area (Å²) in [5, 5.41) is 13.4. The Labute approximate surface area is 171 Å². The van der Waals surface area contributed by atoms with E-state index in [2.05, 4.69) is 39.2 Å². The van der Waals surface area contributed by atoms with Gasteiger partial charge in [-0.25, -0.2) is 4.98 Å². The number of thioether (sulfide) groups is 1. The second kappa shape index (κ2) is 8.25. The highest BCUT2D eigenvalue weighted by atomic mass is 35.5. The Kier molecular flexibility index (Phi) is 5.57. The molecule has 27 heavy (non-hydrogen) atoms. The zero-order valence-corrected chi connectivity index (χ0v) is 17.1. The topological polar surface area (TPSA) is 43.6 Å². The summed E-state index contributed by atoms with van der Waals surface area (Å²) in [6, 6.07) is 17.9. The predicted octanol–water partition coefficient (Wildman–Crippen LogP) is 6.03. The minimum atomic E-state index is 0.726. The number of nitrogens with zero attached hydrogens (tertiary/aromatic N) is 4.